The second kappa shape index (κ2) is 11.2. The van der Waals surface area contributed by atoms with Gasteiger partial charge in [-0.3, -0.25) is 9.36 Å². The summed E-state index contributed by atoms with van der Waals surface area (Å²) >= 11 is 1.06. The van der Waals surface area contributed by atoms with E-state index in [2.05, 4.69) is 15.1 Å². The molecule has 15 heteroatoms. The van der Waals surface area contributed by atoms with Crippen LogP contribution >= 0.6 is 11.3 Å². The first-order valence-electron chi connectivity index (χ1n) is 12.3. The van der Waals surface area contributed by atoms with Gasteiger partial charge in [0.2, 0.25) is 0 Å². The Morgan fingerprint density at radius 1 is 1.07 bits per heavy atom. The summed E-state index contributed by atoms with van der Waals surface area (Å²) in [5.74, 6) is -6.20. The van der Waals surface area contributed by atoms with Crippen molar-refractivity contribution in [1.29, 1.82) is 0 Å². The Morgan fingerprint density at radius 2 is 1.81 bits per heavy atom. The highest BCUT2D eigenvalue weighted by molar-refractivity contribution is 7.22. The van der Waals surface area contributed by atoms with Crippen LogP contribution in [0.4, 0.5) is 26.3 Å². The molecule has 3 heterocycles. The molecule has 3 aromatic heterocycles. The van der Waals surface area contributed by atoms with Crippen molar-refractivity contribution in [3.63, 3.8) is 0 Å². The van der Waals surface area contributed by atoms with Crippen LogP contribution in [0, 0.1) is 11.6 Å². The number of halogens is 6. The number of hydrogen-bond acceptors (Lipinski definition) is 7. The molecule has 0 spiro atoms. The van der Waals surface area contributed by atoms with Gasteiger partial charge in [-0.2, -0.15) is 13.9 Å². The lowest BCUT2D eigenvalue weighted by Crippen LogP contribution is -2.43. The number of thiophene rings is 1. The van der Waals surface area contributed by atoms with Crippen LogP contribution in [-0.4, -0.2) is 48.4 Å². The van der Waals surface area contributed by atoms with Gasteiger partial charge in [0.25, 0.3) is 5.56 Å². The molecule has 5 rings (SSSR count). The predicted molar refractivity (Wildman–Crippen MR) is 141 cm³/mol. The van der Waals surface area contributed by atoms with E-state index >= 15 is 0 Å². The SMILES string of the molecule is CC(n1cnc2cc(-c3ccc(OCC(F)(F)C(F)F)cc3)sc2c1=O)C(O)(Cn1cncn1)c1ccc(F)cc1F. The lowest BCUT2D eigenvalue weighted by Gasteiger charge is -2.35. The van der Waals surface area contributed by atoms with Crippen molar-refractivity contribution in [2.24, 2.45) is 0 Å². The van der Waals surface area contributed by atoms with Crippen molar-refractivity contribution >= 4 is 21.6 Å². The summed E-state index contributed by atoms with van der Waals surface area (Å²) in [6.07, 6.45) is -0.131. The van der Waals surface area contributed by atoms with Gasteiger partial charge in [0, 0.05) is 16.5 Å². The number of hydrogen-bond donors (Lipinski definition) is 1. The van der Waals surface area contributed by atoms with E-state index in [1.54, 1.807) is 6.07 Å². The number of nitrogens with zero attached hydrogens (tertiary/aromatic N) is 5. The molecular weight excluding hydrogens is 588 g/mol. The number of fused-ring (bicyclic) bond motifs is 1. The van der Waals surface area contributed by atoms with Gasteiger partial charge < -0.3 is 9.84 Å². The molecule has 2 atom stereocenters. The van der Waals surface area contributed by atoms with Crippen LogP contribution in [0.25, 0.3) is 20.7 Å². The highest BCUT2D eigenvalue weighted by Crippen LogP contribution is 2.37. The van der Waals surface area contributed by atoms with E-state index in [0.29, 0.717) is 22.0 Å². The second-order valence-corrected chi connectivity index (χ2v) is 10.5. The molecule has 42 heavy (non-hydrogen) atoms. The van der Waals surface area contributed by atoms with E-state index in [-0.39, 0.29) is 22.6 Å². The molecule has 0 fully saturated rings. The topological polar surface area (TPSA) is 95.1 Å². The maximum atomic E-state index is 14.9. The van der Waals surface area contributed by atoms with Crippen LogP contribution in [0.2, 0.25) is 0 Å². The number of ether oxygens (including phenoxy) is 1. The molecule has 0 aliphatic rings. The number of rotatable bonds is 10. The van der Waals surface area contributed by atoms with Gasteiger partial charge in [0.15, 0.2) is 6.61 Å². The molecule has 0 saturated carbocycles. The zero-order valence-electron chi connectivity index (χ0n) is 21.6. The van der Waals surface area contributed by atoms with Crippen molar-refractivity contribution in [2.45, 2.75) is 37.5 Å². The van der Waals surface area contributed by atoms with Crippen molar-refractivity contribution in [3.8, 4) is 16.2 Å². The molecule has 0 radical (unpaired) electrons. The van der Waals surface area contributed by atoms with Gasteiger partial charge in [-0.25, -0.2) is 32.2 Å². The van der Waals surface area contributed by atoms with Crippen LogP contribution < -0.4 is 10.3 Å². The summed E-state index contributed by atoms with van der Waals surface area (Å²) < 4.78 is 87.1. The normalized spacial score (nSPS) is 14.3. The molecule has 0 aliphatic carbocycles. The third-order valence-electron chi connectivity index (χ3n) is 6.73. The molecular formula is C27H21F6N5O3S. The molecule has 0 saturated heterocycles. The van der Waals surface area contributed by atoms with Crippen molar-refractivity contribution in [3.05, 3.63) is 95.1 Å². The Balaban J connectivity index is 1.47. The van der Waals surface area contributed by atoms with E-state index in [1.165, 1.54) is 54.9 Å². The minimum Gasteiger partial charge on any atom is -0.487 e. The van der Waals surface area contributed by atoms with Gasteiger partial charge in [0.1, 0.15) is 40.3 Å². The lowest BCUT2D eigenvalue weighted by molar-refractivity contribution is -0.148. The fourth-order valence-electron chi connectivity index (χ4n) is 4.38. The minimum absolute atomic E-state index is 0.0471. The molecule has 2 unspecified atom stereocenters. The minimum atomic E-state index is -4.29. The largest absolute Gasteiger partial charge is 0.487 e. The molecule has 8 nitrogen and oxygen atoms in total. The maximum absolute atomic E-state index is 14.9. The van der Waals surface area contributed by atoms with E-state index in [9.17, 15) is 36.2 Å². The Hall–Kier alpha value is -4.24. The summed E-state index contributed by atoms with van der Waals surface area (Å²) in [4.78, 5) is 22.3. The summed E-state index contributed by atoms with van der Waals surface area (Å²) in [6.45, 7) is -0.326. The molecule has 0 aliphatic heterocycles. The first-order valence-corrected chi connectivity index (χ1v) is 13.1. The Labute approximate surface area is 237 Å². The van der Waals surface area contributed by atoms with Crippen LogP contribution in [-0.2, 0) is 12.1 Å². The van der Waals surface area contributed by atoms with Crippen LogP contribution in [0.3, 0.4) is 0 Å². The van der Waals surface area contributed by atoms with Gasteiger partial charge in [-0.05, 0) is 48.9 Å². The molecule has 2 aromatic carbocycles. The van der Waals surface area contributed by atoms with Crippen LogP contribution in [0.15, 0.2) is 72.3 Å². The molecule has 220 valence electrons. The van der Waals surface area contributed by atoms with Crippen molar-refractivity contribution < 1.29 is 36.2 Å². The third-order valence-corrected chi connectivity index (χ3v) is 7.89. The molecule has 5 aromatic rings. The van der Waals surface area contributed by atoms with Crippen LogP contribution in [0.5, 0.6) is 5.75 Å². The molecule has 1 N–H and O–H groups in total. The Kier molecular flexibility index (Phi) is 7.81. The zero-order chi connectivity index (χ0) is 30.2. The van der Waals surface area contributed by atoms with Gasteiger partial charge in [-0.1, -0.05) is 6.07 Å². The van der Waals surface area contributed by atoms with E-state index in [0.717, 1.165) is 28.0 Å². The quantitative estimate of drug-likeness (QED) is 0.213. The Morgan fingerprint density at radius 3 is 2.45 bits per heavy atom. The van der Waals surface area contributed by atoms with E-state index in [4.69, 9.17) is 4.74 Å². The third kappa shape index (κ3) is 5.61. The Bertz CT molecular complexity index is 1760. The number of benzene rings is 2. The van der Waals surface area contributed by atoms with Crippen molar-refractivity contribution in [1.82, 2.24) is 24.3 Å². The fourth-order valence-corrected chi connectivity index (χ4v) is 5.43. The summed E-state index contributed by atoms with van der Waals surface area (Å²) in [5, 5.41) is 15.8. The van der Waals surface area contributed by atoms with Gasteiger partial charge in [0.05, 0.1) is 24.4 Å². The van der Waals surface area contributed by atoms with Crippen LogP contribution in [0.1, 0.15) is 18.5 Å². The number of aliphatic hydroxyl groups is 1. The standard InChI is InChI=1S/C27H21F6N5O3S/c1-15(26(40,10-37-13-34-12-36-37)19-7-4-17(28)8-20(19)29)38-14-35-21-9-22(42-23(21)24(38)39)16-2-5-18(6-3-16)41-11-27(32,33)25(30)31/h2-9,12-15,25,40H,10-11H2,1H3. The average molecular weight is 610 g/mol. The zero-order valence-corrected chi connectivity index (χ0v) is 22.4. The first kappa shape index (κ1) is 29.3. The molecule has 0 amide bonds. The first-order chi connectivity index (χ1) is 19.9. The second-order valence-electron chi connectivity index (χ2n) is 9.47. The average Bonchev–Trinajstić information content (AvgIpc) is 3.62. The van der Waals surface area contributed by atoms with Crippen molar-refractivity contribution in [2.75, 3.05) is 6.61 Å². The smallest absolute Gasteiger partial charge is 0.340 e. The number of aromatic nitrogens is 5. The molecule has 0 bridgehead atoms. The number of alkyl halides is 4. The summed E-state index contributed by atoms with van der Waals surface area (Å²) in [7, 11) is 0. The lowest BCUT2D eigenvalue weighted by atomic mass is 9.86. The fraction of sp³-hybridized carbons (Fsp3) is 0.259. The summed E-state index contributed by atoms with van der Waals surface area (Å²) in [5.41, 5.74) is -2.01. The van der Waals surface area contributed by atoms with Gasteiger partial charge >= 0.3 is 12.3 Å². The maximum Gasteiger partial charge on any atom is 0.340 e. The highest BCUT2D eigenvalue weighted by Gasteiger charge is 2.42. The van der Waals surface area contributed by atoms with E-state index in [1.807, 2.05) is 0 Å². The summed E-state index contributed by atoms with van der Waals surface area (Å²) in [6, 6.07) is 8.90. The highest BCUT2D eigenvalue weighted by atomic mass is 32.1. The van der Waals surface area contributed by atoms with Gasteiger partial charge in [-0.15, -0.1) is 11.3 Å². The van der Waals surface area contributed by atoms with E-state index < -0.39 is 47.8 Å². The monoisotopic (exact) mass is 609 g/mol. The predicted octanol–water partition coefficient (Wildman–Crippen LogP) is 5.42.